The van der Waals surface area contributed by atoms with Gasteiger partial charge in [-0.3, -0.25) is 0 Å². The van der Waals surface area contributed by atoms with Gasteiger partial charge in [-0.1, -0.05) is 0 Å². The minimum atomic E-state index is -2.08. The summed E-state index contributed by atoms with van der Waals surface area (Å²) in [4.78, 5) is 8.44. The molecule has 0 saturated carbocycles. The molecule has 3 N–H and O–H groups in total. The summed E-state index contributed by atoms with van der Waals surface area (Å²) in [5.41, 5.74) is 0. The van der Waals surface area contributed by atoms with Crippen molar-refractivity contribution in [2.75, 3.05) is 0 Å². The first-order valence-corrected chi connectivity index (χ1v) is 0.632. The maximum absolute atomic E-state index is 8.44. The molecule has 0 aromatic heterocycles. The minimum absolute atomic E-state index is 0. The van der Waals surface area contributed by atoms with Crippen LogP contribution in [0, 0.1) is 0 Å². The third-order valence-corrected chi connectivity index (χ3v) is 0. The van der Waals surface area contributed by atoms with Gasteiger partial charge in [0.05, 0.1) is 0 Å². The van der Waals surface area contributed by atoms with E-state index in [-0.39, 0.29) is 103 Å². The van der Waals surface area contributed by atoms with Crippen molar-refractivity contribution in [2.24, 2.45) is 0 Å². The molecule has 0 amide bonds. The fourth-order valence-corrected chi connectivity index (χ4v) is 0. The van der Waals surface area contributed by atoms with Crippen LogP contribution in [0.1, 0.15) is 0 Å². The molecule has 0 unspecified atom stereocenters. The zero-order valence-corrected chi connectivity index (χ0v) is 11.4. The van der Waals surface area contributed by atoms with E-state index in [1.54, 1.807) is 0 Å². The van der Waals surface area contributed by atoms with Gasteiger partial charge in [0, 0.05) is 0 Å². The van der Waals surface area contributed by atoms with E-state index in [4.69, 9.17) is 15.0 Å². The number of rotatable bonds is 0. The van der Waals surface area contributed by atoms with Gasteiger partial charge in [0.25, 0.3) is 0 Å². The summed E-state index contributed by atoms with van der Waals surface area (Å²) < 4.78 is 0. The van der Waals surface area contributed by atoms with Crippen LogP contribution in [0.3, 0.4) is 0 Å². The Kier molecular flexibility index (Phi) is 90.0. The predicted octanol–water partition coefficient (Wildman–Crippen LogP) is -10.9. The Morgan fingerprint density at radius 3 is 1.50 bits per heavy atom. The number of halogens is 1. The summed E-state index contributed by atoms with van der Waals surface area (Å²) in [6.07, 6.45) is -2.08. The Morgan fingerprint density at radius 1 is 1.50 bits per heavy atom. The van der Waals surface area contributed by atoms with Crippen LogP contribution in [-0.2, 0) is 0 Å². The van der Waals surface area contributed by atoms with Gasteiger partial charge in [-0.25, -0.2) is 0 Å². The van der Waals surface area contributed by atoms with E-state index >= 15 is 0 Å². The summed E-state index contributed by atoms with van der Waals surface area (Å²) in [7, 11) is 0. The molecule has 0 spiro atoms. The SMILES string of the molecule is O.O=C([O-])O.[Br-].[K+].[Na+]. The second-order valence-electron chi connectivity index (χ2n) is 0.266. The van der Waals surface area contributed by atoms with E-state index in [2.05, 4.69) is 0 Å². The van der Waals surface area contributed by atoms with Crippen molar-refractivity contribution in [3.05, 3.63) is 0 Å². The summed E-state index contributed by atoms with van der Waals surface area (Å²) in [5, 5.41) is 15.3. The van der Waals surface area contributed by atoms with Crippen LogP contribution in [-0.4, -0.2) is 16.7 Å². The first-order valence-electron chi connectivity index (χ1n) is 0.632. The normalized spacial score (nSPS) is 3.00. The average molecular weight is 221 g/mol. The quantitative estimate of drug-likeness (QED) is 0.411. The molecule has 0 atom stereocenters. The van der Waals surface area contributed by atoms with Crippen molar-refractivity contribution in [1.82, 2.24) is 0 Å². The van der Waals surface area contributed by atoms with Crippen molar-refractivity contribution in [3.63, 3.8) is 0 Å². The summed E-state index contributed by atoms with van der Waals surface area (Å²) in [5.74, 6) is 0. The first kappa shape index (κ1) is 31.6. The molecular formula is CH3BrKNaO4. The Balaban J connectivity index is -0.00000000750. The fourth-order valence-electron chi connectivity index (χ4n) is 0. The second kappa shape index (κ2) is 22.8. The number of hydrogen-bond acceptors (Lipinski definition) is 2. The van der Waals surface area contributed by atoms with Crippen molar-refractivity contribution in [2.45, 2.75) is 0 Å². The third-order valence-electron chi connectivity index (χ3n) is 0. The van der Waals surface area contributed by atoms with Crippen molar-refractivity contribution in [3.8, 4) is 0 Å². The van der Waals surface area contributed by atoms with Gasteiger partial charge in [0.2, 0.25) is 6.16 Å². The van der Waals surface area contributed by atoms with Gasteiger partial charge in [-0.15, -0.1) is 0 Å². The van der Waals surface area contributed by atoms with Gasteiger partial charge >= 0.3 is 80.9 Å². The van der Waals surface area contributed by atoms with Crippen LogP contribution in [0.2, 0.25) is 0 Å². The molecule has 0 aromatic carbocycles. The van der Waals surface area contributed by atoms with Crippen molar-refractivity contribution >= 4 is 6.16 Å². The smallest absolute Gasteiger partial charge is 1.00 e. The summed E-state index contributed by atoms with van der Waals surface area (Å²) >= 11 is 0. The standard InChI is InChI=1S/CH2O3.BrH.K.Na.H2O/c2-1(3)4;;;;/h(H2,2,3,4);1H;;;1H2/q;;2*+1;/p-2. The van der Waals surface area contributed by atoms with Gasteiger partial charge in [-0.2, -0.15) is 0 Å². The largest absolute Gasteiger partial charge is 1.00 e. The Bertz CT molecular complexity index is 39.0. The van der Waals surface area contributed by atoms with Gasteiger partial charge in [0.1, 0.15) is 0 Å². The number of carbonyl (C=O) groups is 1. The van der Waals surface area contributed by atoms with E-state index in [1.807, 2.05) is 0 Å². The van der Waals surface area contributed by atoms with Crippen LogP contribution in [0.15, 0.2) is 0 Å². The minimum Gasteiger partial charge on any atom is -1.00 e. The molecule has 0 aliphatic carbocycles. The molecule has 0 bridgehead atoms. The number of hydrogen-bond donors (Lipinski definition) is 1. The topological polar surface area (TPSA) is 91.9 Å². The predicted molar refractivity (Wildman–Crippen MR) is 11.6 cm³/mol. The van der Waals surface area contributed by atoms with Gasteiger partial charge in [-0.05, 0) is 0 Å². The molecule has 0 rings (SSSR count). The van der Waals surface area contributed by atoms with Crippen molar-refractivity contribution in [1.29, 1.82) is 0 Å². The molecule has 0 radical (unpaired) electrons. The van der Waals surface area contributed by atoms with Gasteiger partial charge in [0.15, 0.2) is 0 Å². The van der Waals surface area contributed by atoms with E-state index < -0.39 is 6.16 Å². The zero-order valence-electron chi connectivity index (χ0n) is 4.64. The average Bonchev–Trinajstić information content (AvgIpc) is 0.811. The molecule has 0 aliphatic heterocycles. The van der Waals surface area contributed by atoms with Crippen molar-refractivity contribution < 1.29 is 118 Å². The molecule has 8 heavy (non-hydrogen) atoms. The van der Waals surface area contributed by atoms with Crippen LogP contribution >= 0.6 is 0 Å². The van der Waals surface area contributed by atoms with E-state index in [0.29, 0.717) is 0 Å². The second-order valence-corrected chi connectivity index (χ2v) is 0.266. The molecule has 0 fully saturated rings. The molecule has 7 heteroatoms. The maximum atomic E-state index is 8.44. The monoisotopic (exact) mass is 220 g/mol. The van der Waals surface area contributed by atoms with E-state index in [9.17, 15) is 0 Å². The Labute approximate surface area is 122 Å². The summed E-state index contributed by atoms with van der Waals surface area (Å²) in [6, 6.07) is 0. The first-order chi connectivity index (χ1) is 1.73. The molecule has 0 aliphatic rings. The summed E-state index contributed by atoms with van der Waals surface area (Å²) in [6.45, 7) is 0. The Hall–Kier alpha value is 2.35. The fraction of sp³-hybridized carbons (Fsp3) is 0. The van der Waals surface area contributed by atoms with Gasteiger partial charge < -0.3 is 37.5 Å². The van der Waals surface area contributed by atoms with E-state index in [0.717, 1.165) is 0 Å². The Morgan fingerprint density at radius 2 is 1.50 bits per heavy atom. The van der Waals surface area contributed by atoms with Crippen LogP contribution in [0.25, 0.3) is 0 Å². The maximum Gasteiger partial charge on any atom is 1.00 e. The molecular weight excluding hydrogens is 218 g/mol. The molecule has 0 heterocycles. The van der Waals surface area contributed by atoms with Crippen LogP contribution in [0.4, 0.5) is 4.79 Å². The van der Waals surface area contributed by atoms with Crippen LogP contribution < -0.4 is 103 Å². The molecule has 40 valence electrons. The molecule has 4 nitrogen and oxygen atoms in total. The van der Waals surface area contributed by atoms with E-state index in [1.165, 1.54) is 0 Å². The number of carboxylic acid groups (broad SMARTS) is 2. The molecule has 0 aromatic rings. The van der Waals surface area contributed by atoms with Crippen LogP contribution in [0.5, 0.6) is 0 Å². The molecule has 0 saturated heterocycles. The third kappa shape index (κ3) is 81.8. The zero-order chi connectivity index (χ0) is 3.58.